The summed E-state index contributed by atoms with van der Waals surface area (Å²) in [6.45, 7) is 4.38. The molecule has 1 saturated carbocycles. The predicted molar refractivity (Wildman–Crippen MR) is 72.7 cm³/mol. The maximum Gasteiger partial charge on any atom is 0.0621 e. The highest BCUT2D eigenvalue weighted by Gasteiger charge is 2.40. The van der Waals surface area contributed by atoms with E-state index in [1.807, 2.05) is 7.05 Å². The Bertz CT molecular complexity index is 272. The second kappa shape index (κ2) is 5.45. The normalized spacial score (nSPS) is 45.3. The van der Waals surface area contributed by atoms with Gasteiger partial charge in [-0.3, -0.25) is 0 Å². The Balaban J connectivity index is 1.47. The van der Waals surface area contributed by atoms with Crippen LogP contribution in [0.25, 0.3) is 0 Å². The molecule has 2 N–H and O–H groups in total. The maximum absolute atomic E-state index is 5.67. The molecule has 2 heterocycles. The van der Waals surface area contributed by atoms with Gasteiger partial charge in [0.2, 0.25) is 0 Å². The summed E-state index contributed by atoms with van der Waals surface area (Å²) in [6.07, 6.45) is 3.95. The lowest BCUT2D eigenvalue weighted by molar-refractivity contribution is 0.0443. The summed E-state index contributed by atoms with van der Waals surface area (Å²) < 4.78 is 5.67. The first-order valence-electron chi connectivity index (χ1n) is 7.44. The zero-order chi connectivity index (χ0) is 12.5. The predicted octanol–water partition coefficient (Wildman–Crippen LogP) is 0.293. The van der Waals surface area contributed by atoms with Crippen LogP contribution in [0, 0.1) is 11.8 Å². The topological polar surface area (TPSA) is 36.5 Å². The van der Waals surface area contributed by atoms with Crippen LogP contribution < -0.4 is 10.6 Å². The lowest BCUT2D eigenvalue weighted by Crippen LogP contribution is -2.49. The minimum absolute atomic E-state index is 0.531. The summed E-state index contributed by atoms with van der Waals surface area (Å²) in [7, 11) is 4.29. The van der Waals surface area contributed by atoms with Crippen molar-refractivity contribution in [3.63, 3.8) is 0 Å². The summed E-state index contributed by atoms with van der Waals surface area (Å²) in [5.74, 6) is 1.88. The quantitative estimate of drug-likeness (QED) is 0.758. The number of hydrogen-bond donors (Lipinski definition) is 2. The molecule has 0 spiro atoms. The number of ether oxygens (including phenoxy) is 1. The molecule has 0 bridgehead atoms. The summed E-state index contributed by atoms with van der Waals surface area (Å²) in [4.78, 5) is 2.49. The lowest BCUT2D eigenvalue weighted by atomic mass is 10.0. The third-order valence-corrected chi connectivity index (χ3v) is 5.02. The zero-order valence-corrected chi connectivity index (χ0v) is 11.7. The molecule has 1 aliphatic carbocycles. The summed E-state index contributed by atoms with van der Waals surface area (Å²) in [5.41, 5.74) is 0. The van der Waals surface area contributed by atoms with Crippen molar-refractivity contribution in [1.29, 1.82) is 0 Å². The molecule has 4 heteroatoms. The minimum Gasteiger partial charge on any atom is -0.378 e. The zero-order valence-electron chi connectivity index (χ0n) is 11.7. The Morgan fingerprint density at radius 2 is 1.61 bits per heavy atom. The van der Waals surface area contributed by atoms with Crippen LogP contribution in [-0.4, -0.2) is 63.4 Å². The molecule has 0 radical (unpaired) electrons. The number of fused-ring (bicyclic) bond motifs is 1. The molecule has 3 aliphatic rings. The first kappa shape index (κ1) is 12.9. The third kappa shape index (κ3) is 2.72. The smallest absolute Gasteiger partial charge is 0.0621 e. The van der Waals surface area contributed by atoms with Crippen molar-refractivity contribution in [3.8, 4) is 0 Å². The van der Waals surface area contributed by atoms with E-state index in [1.54, 1.807) is 0 Å². The third-order valence-electron chi connectivity index (χ3n) is 5.02. The van der Waals surface area contributed by atoms with Crippen LogP contribution in [-0.2, 0) is 4.74 Å². The van der Waals surface area contributed by atoms with E-state index in [2.05, 4.69) is 22.6 Å². The molecule has 104 valence electrons. The van der Waals surface area contributed by atoms with Crippen molar-refractivity contribution < 1.29 is 4.74 Å². The van der Waals surface area contributed by atoms with Gasteiger partial charge < -0.3 is 20.3 Å². The lowest BCUT2D eigenvalue weighted by Gasteiger charge is -2.32. The van der Waals surface area contributed by atoms with Crippen molar-refractivity contribution in [3.05, 3.63) is 0 Å². The molecule has 0 aromatic heterocycles. The highest BCUT2D eigenvalue weighted by molar-refractivity contribution is 4.95. The van der Waals surface area contributed by atoms with Gasteiger partial charge in [0.25, 0.3) is 0 Å². The summed E-state index contributed by atoms with van der Waals surface area (Å²) in [5, 5.41) is 7.17. The number of likely N-dealkylation sites (N-methyl/N-ethyl adjacent to an activating group) is 1. The summed E-state index contributed by atoms with van der Waals surface area (Å²) >= 11 is 0. The van der Waals surface area contributed by atoms with Crippen molar-refractivity contribution in [2.75, 3.05) is 40.4 Å². The van der Waals surface area contributed by atoms with Gasteiger partial charge in [-0.2, -0.15) is 0 Å². The molecule has 4 nitrogen and oxygen atoms in total. The van der Waals surface area contributed by atoms with E-state index in [-0.39, 0.29) is 0 Å². The number of hydrogen-bond acceptors (Lipinski definition) is 4. The Labute approximate surface area is 110 Å². The molecule has 4 atom stereocenters. The number of rotatable bonds is 3. The fourth-order valence-corrected chi connectivity index (χ4v) is 4.15. The van der Waals surface area contributed by atoms with Gasteiger partial charge >= 0.3 is 0 Å². The average Bonchev–Trinajstić information content (AvgIpc) is 2.86. The van der Waals surface area contributed by atoms with Gasteiger partial charge in [-0.05, 0) is 45.2 Å². The highest BCUT2D eigenvalue weighted by atomic mass is 16.5. The SMILES string of the molecule is CNC1COCC(NC2CC3CN(C)CC3C2)C1. The first-order chi connectivity index (χ1) is 8.74. The van der Waals surface area contributed by atoms with Gasteiger partial charge in [-0.15, -0.1) is 0 Å². The Morgan fingerprint density at radius 3 is 2.28 bits per heavy atom. The molecule has 0 amide bonds. The monoisotopic (exact) mass is 253 g/mol. The van der Waals surface area contributed by atoms with E-state index in [0.717, 1.165) is 31.1 Å². The number of likely N-dealkylation sites (tertiary alicyclic amines) is 1. The van der Waals surface area contributed by atoms with Crippen molar-refractivity contribution in [1.82, 2.24) is 15.5 Å². The molecule has 18 heavy (non-hydrogen) atoms. The fourth-order valence-electron chi connectivity index (χ4n) is 4.15. The molecule has 2 saturated heterocycles. The van der Waals surface area contributed by atoms with Crippen LogP contribution in [0.5, 0.6) is 0 Å². The Kier molecular flexibility index (Phi) is 3.89. The highest BCUT2D eigenvalue weighted by Crippen LogP contribution is 2.37. The van der Waals surface area contributed by atoms with Crippen LogP contribution in [0.4, 0.5) is 0 Å². The first-order valence-corrected chi connectivity index (χ1v) is 7.44. The van der Waals surface area contributed by atoms with Crippen LogP contribution in [0.3, 0.4) is 0 Å². The van der Waals surface area contributed by atoms with E-state index >= 15 is 0 Å². The Hall–Kier alpha value is -0.160. The van der Waals surface area contributed by atoms with Gasteiger partial charge in [0.15, 0.2) is 0 Å². The van der Waals surface area contributed by atoms with Crippen molar-refractivity contribution in [2.24, 2.45) is 11.8 Å². The average molecular weight is 253 g/mol. The standard InChI is InChI=1S/C14H27N3O/c1-15-13-5-14(9-18-8-13)16-12-3-10-6-17(2)7-11(10)4-12/h10-16H,3-9H2,1-2H3. The molecular formula is C14H27N3O. The Morgan fingerprint density at radius 1 is 0.944 bits per heavy atom. The summed E-state index contributed by atoms with van der Waals surface area (Å²) in [6, 6.07) is 1.82. The fraction of sp³-hybridized carbons (Fsp3) is 1.00. The molecule has 3 fully saturated rings. The minimum atomic E-state index is 0.531. The van der Waals surface area contributed by atoms with E-state index < -0.39 is 0 Å². The largest absolute Gasteiger partial charge is 0.378 e. The van der Waals surface area contributed by atoms with Crippen molar-refractivity contribution >= 4 is 0 Å². The second-order valence-corrected chi connectivity index (χ2v) is 6.53. The number of nitrogens with zero attached hydrogens (tertiary/aromatic N) is 1. The van der Waals surface area contributed by atoms with Crippen LogP contribution >= 0.6 is 0 Å². The van der Waals surface area contributed by atoms with Gasteiger partial charge in [0.1, 0.15) is 0 Å². The molecule has 3 rings (SSSR count). The van der Waals surface area contributed by atoms with Crippen LogP contribution in [0.1, 0.15) is 19.3 Å². The molecule has 2 aliphatic heterocycles. The van der Waals surface area contributed by atoms with Crippen molar-refractivity contribution in [2.45, 2.75) is 37.4 Å². The van der Waals surface area contributed by atoms with Gasteiger partial charge in [-0.25, -0.2) is 0 Å². The van der Waals surface area contributed by atoms with Gasteiger partial charge in [0.05, 0.1) is 13.2 Å². The van der Waals surface area contributed by atoms with Gasteiger partial charge in [0, 0.05) is 31.2 Å². The number of nitrogens with one attached hydrogen (secondary N) is 2. The van der Waals surface area contributed by atoms with E-state index in [0.29, 0.717) is 12.1 Å². The van der Waals surface area contributed by atoms with E-state index in [9.17, 15) is 0 Å². The maximum atomic E-state index is 5.67. The molecule has 4 unspecified atom stereocenters. The van der Waals surface area contributed by atoms with Crippen LogP contribution in [0.2, 0.25) is 0 Å². The molecular weight excluding hydrogens is 226 g/mol. The molecule has 0 aromatic rings. The second-order valence-electron chi connectivity index (χ2n) is 6.53. The van der Waals surface area contributed by atoms with E-state index in [1.165, 1.54) is 32.4 Å². The molecule has 0 aromatic carbocycles. The van der Waals surface area contributed by atoms with Crippen LogP contribution in [0.15, 0.2) is 0 Å². The van der Waals surface area contributed by atoms with Gasteiger partial charge in [-0.1, -0.05) is 0 Å². The van der Waals surface area contributed by atoms with E-state index in [4.69, 9.17) is 4.74 Å².